The Morgan fingerprint density at radius 2 is 2.27 bits per heavy atom. The van der Waals surface area contributed by atoms with Crippen molar-refractivity contribution < 1.29 is 9.90 Å². The molecule has 0 spiro atoms. The number of carboxylic acid groups (broad SMARTS) is 1. The Morgan fingerprint density at radius 3 is 2.87 bits per heavy atom. The summed E-state index contributed by atoms with van der Waals surface area (Å²) in [5.74, 6) is -1.22. The first-order valence-corrected chi connectivity index (χ1v) is 5.02. The number of hydrogen-bond donors (Lipinski definition) is 1. The van der Waals surface area contributed by atoms with Gasteiger partial charge in [0.15, 0.2) is 0 Å². The summed E-state index contributed by atoms with van der Waals surface area (Å²) in [4.78, 5) is 27.2. The summed E-state index contributed by atoms with van der Waals surface area (Å²) in [6.45, 7) is 1.78. The van der Waals surface area contributed by atoms with Crippen molar-refractivity contribution in [2.45, 2.75) is 6.92 Å². The normalized spacial score (nSPS) is 10.8. The van der Waals surface area contributed by atoms with E-state index in [0.29, 0.717) is 4.83 Å². The lowest BCUT2D eigenvalue weighted by Crippen LogP contribution is -2.17. The lowest BCUT2D eigenvalue weighted by Gasteiger charge is -2.00. The van der Waals surface area contributed by atoms with Crippen molar-refractivity contribution >= 4 is 27.7 Å². The molecule has 5 nitrogen and oxygen atoms in total. The molecule has 2 aromatic heterocycles. The third kappa shape index (κ3) is 1.42. The standard InChI is InChI=1S/C9H8N2O3S/c1-4-10-6-7(12)5(9(13)14)3-11(2)8(6)15-4/h3H,1-2H3,(H,13,14). The lowest BCUT2D eigenvalue weighted by atomic mass is 10.2. The number of hydrogen-bond acceptors (Lipinski definition) is 4. The van der Waals surface area contributed by atoms with E-state index >= 15 is 0 Å². The van der Waals surface area contributed by atoms with E-state index < -0.39 is 11.4 Å². The van der Waals surface area contributed by atoms with Gasteiger partial charge in [-0.3, -0.25) is 4.79 Å². The second-order valence-corrected chi connectivity index (χ2v) is 4.36. The number of aromatic nitrogens is 2. The molecule has 0 aromatic carbocycles. The largest absolute Gasteiger partial charge is 0.477 e. The highest BCUT2D eigenvalue weighted by Crippen LogP contribution is 2.18. The molecule has 0 unspecified atom stereocenters. The fourth-order valence-electron chi connectivity index (χ4n) is 1.39. The Hall–Kier alpha value is -1.69. The van der Waals surface area contributed by atoms with Crippen LogP contribution in [0.3, 0.4) is 0 Å². The molecule has 2 aromatic rings. The predicted octanol–water partition coefficient (Wildman–Crippen LogP) is 1.00. The van der Waals surface area contributed by atoms with Crippen LogP contribution in [-0.2, 0) is 7.05 Å². The van der Waals surface area contributed by atoms with E-state index in [4.69, 9.17) is 5.11 Å². The molecule has 0 saturated heterocycles. The van der Waals surface area contributed by atoms with Crippen molar-refractivity contribution in [3.8, 4) is 0 Å². The number of carbonyl (C=O) groups is 1. The van der Waals surface area contributed by atoms with Gasteiger partial charge in [0, 0.05) is 13.2 Å². The SMILES string of the molecule is Cc1nc2c(=O)c(C(=O)O)cn(C)c2s1. The summed E-state index contributed by atoms with van der Waals surface area (Å²) in [6, 6.07) is 0. The molecular formula is C9H8N2O3S. The monoisotopic (exact) mass is 224 g/mol. The zero-order chi connectivity index (χ0) is 11.2. The van der Waals surface area contributed by atoms with Gasteiger partial charge >= 0.3 is 5.97 Å². The van der Waals surface area contributed by atoms with Crippen LogP contribution < -0.4 is 5.43 Å². The van der Waals surface area contributed by atoms with Gasteiger partial charge in [0.25, 0.3) is 0 Å². The summed E-state index contributed by atoms with van der Waals surface area (Å²) < 4.78 is 1.62. The van der Waals surface area contributed by atoms with E-state index in [1.807, 2.05) is 0 Å². The van der Waals surface area contributed by atoms with Crippen molar-refractivity contribution in [2.24, 2.45) is 7.05 Å². The smallest absolute Gasteiger partial charge is 0.341 e. The average molecular weight is 224 g/mol. The lowest BCUT2D eigenvalue weighted by molar-refractivity contribution is 0.0695. The second kappa shape index (κ2) is 3.16. The molecule has 0 atom stereocenters. The van der Waals surface area contributed by atoms with Crippen LogP contribution in [0.4, 0.5) is 0 Å². The zero-order valence-corrected chi connectivity index (χ0v) is 8.96. The summed E-state index contributed by atoms with van der Waals surface area (Å²) in [5, 5.41) is 9.57. The van der Waals surface area contributed by atoms with Crippen LogP contribution in [0.15, 0.2) is 11.0 Å². The molecule has 2 heterocycles. The number of thiazole rings is 1. The molecule has 2 rings (SSSR count). The van der Waals surface area contributed by atoms with E-state index in [-0.39, 0.29) is 11.1 Å². The van der Waals surface area contributed by atoms with Crippen molar-refractivity contribution in [3.63, 3.8) is 0 Å². The van der Waals surface area contributed by atoms with Crippen molar-refractivity contribution in [2.75, 3.05) is 0 Å². The number of pyridine rings is 1. The summed E-state index contributed by atoms with van der Waals surface area (Å²) >= 11 is 1.37. The molecule has 0 fully saturated rings. The molecule has 0 saturated carbocycles. The molecule has 0 radical (unpaired) electrons. The van der Waals surface area contributed by atoms with E-state index in [1.54, 1.807) is 18.5 Å². The first kappa shape index (κ1) is 9.85. The number of carboxylic acids is 1. The van der Waals surface area contributed by atoms with Gasteiger partial charge in [-0.05, 0) is 6.92 Å². The van der Waals surface area contributed by atoms with Crippen molar-refractivity contribution in [1.29, 1.82) is 0 Å². The molecule has 0 amide bonds. The van der Waals surface area contributed by atoms with Crippen LogP contribution in [0.2, 0.25) is 0 Å². The average Bonchev–Trinajstić information content (AvgIpc) is 2.53. The third-order valence-corrected chi connectivity index (χ3v) is 3.11. The van der Waals surface area contributed by atoms with Gasteiger partial charge in [-0.2, -0.15) is 0 Å². The maximum Gasteiger partial charge on any atom is 0.341 e. The minimum atomic E-state index is -1.22. The van der Waals surface area contributed by atoms with Gasteiger partial charge < -0.3 is 9.67 Å². The number of nitrogens with zero attached hydrogens (tertiary/aromatic N) is 2. The fourth-order valence-corrected chi connectivity index (χ4v) is 2.24. The van der Waals surface area contributed by atoms with Crippen molar-refractivity contribution in [3.05, 3.63) is 27.0 Å². The van der Waals surface area contributed by atoms with Crippen LogP contribution in [0, 0.1) is 6.92 Å². The molecule has 0 aliphatic rings. The number of aryl methyl sites for hydroxylation is 2. The van der Waals surface area contributed by atoms with E-state index in [0.717, 1.165) is 5.01 Å². The molecule has 15 heavy (non-hydrogen) atoms. The fraction of sp³-hybridized carbons (Fsp3) is 0.222. The third-order valence-electron chi connectivity index (χ3n) is 2.05. The van der Waals surface area contributed by atoms with Crippen LogP contribution in [0.25, 0.3) is 10.3 Å². The maximum atomic E-state index is 11.7. The Bertz CT molecular complexity index is 612. The van der Waals surface area contributed by atoms with Gasteiger partial charge in [0.05, 0.1) is 5.01 Å². The molecule has 0 aliphatic heterocycles. The van der Waals surface area contributed by atoms with E-state index in [1.165, 1.54) is 17.5 Å². The van der Waals surface area contributed by atoms with Crippen LogP contribution in [0.5, 0.6) is 0 Å². The summed E-state index contributed by atoms with van der Waals surface area (Å²) in [7, 11) is 1.70. The maximum absolute atomic E-state index is 11.7. The Kier molecular flexibility index (Phi) is 2.08. The zero-order valence-electron chi connectivity index (χ0n) is 8.14. The minimum Gasteiger partial charge on any atom is -0.477 e. The van der Waals surface area contributed by atoms with Crippen molar-refractivity contribution in [1.82, 2.24) is 9.55 Å². The van der Waals surface area contributed by atoms with Crippen LogP contribution in [0.1, 0.15) is 15.4 Å². The molecule has 6 heteroatoms. The highest BCUT2D eigenvalue weighted by molar-refractivity contribution is 7.18. The number of aromatic carboxylic acids is 1. The van der Waals surface area contributed by atoms with Gasteiger partial charge in [-0.25, -0.2) is 9.78 Å². The molecule has 1 N–H and O–H groups in total. The molecular weight excluding hydrogens is 216 g/mol. The van der Waals surface area contributed by atoms with Gasteiger partial charge in [-0.15, -0.1) is 11.3 Å². The summed E-state index contributed by atoms with van der Waals surface area (Å²) in [6.07, 6.45) is 1.32. The highest BCUT2D eigenvalue weighted by atomic mass is 32.1. The Morgan fingerprint density at radius 1 is 1.60 bits per heavy atom. The quantitative estimate of drug-likeness (QED) is 0.784. The van der Waals surface area contributed by atoms with E-state index in [9.17, 15) is 9.59 Å². The van der Waals surface area contributed by atoms with Gasteiger partial charge in [0.1, 0.15) is 15.9 Å². The Balaban J connectivity index is 2.96. The predicted molar refractivity (Wildman–Crippen MR) is 56.6 cm³/mol. The molecule has 0 aliphatic carbocycles. The number of fused-ring (bicyclic) bond motifs is 1. The first-order chi connectivity index (χ1) is 7.00. The van der Waals surface area contributed by atoms with Gasteiger partial charge in [-0.1, -0.05) is 0 Å². The van der Waals surface area contributed by atoms with E-state index in [2.05, 4.69) is 4.98 Å². The number of rotatable bonds is 1. The van der Waals surface area contributed by atoms with Gasteiger partial charge in [0.2, 0.25) is 5.43 Å². The second-order valence-electron chi connectivity index (χ2n) is 3.17. The minimum absolute atomic E-state index is 0.236. The molecule has 78 valence electrons. The van der Waals surface area contributed by atoms with Crippen LogP contribution in [-0.4, -0.2) is 20.6 Å². The highest BCUT2D eigenvalue weighted by Gasteiger charge is 2.15. The first-order valence-electron chi connectivity index (χ1n) is 4.21. The summed E-state index contributed by atoms with van der Waals surface area (Å²) in [5.41, 5.74) is -0.518. The Labute approximate surface area is 88.6 Å². The topological polar surface area (TPSA) is 72.2 Å². The molecule has 0 bridgehead atoms. The van der Waals surface area contributed by atoms with Crippen LogP contribution >= 0.6 is 11.3 Å².